The van der Waals surface area contributed by atoms with Gasteiger partial charge in [0, 0.05) is 30.3 Å². The van der Waals surface area contributed by atoms with Crippen molar-refractivity contribution >= 4 is 34.2 Å². The molecule has 3 rings (SSSR count). The number of aryl methyl sites for hydroxylation is 1. The van der Waals surface area contributed by atoms with Crippen molar-refractivity contribution in [2.24, 2.45) is 7.05 Å². The topological polar surface area (TPSA) is 121 Å². The number of nitrogens with zero attached hydrogens (tertiary/aromatic N) is 2. The second-order valence-corrected chi connectivity index (χ2v) is 6.17. The number of aromatic nitrogens is 1. The van der Waals surface area contributed by atoms with E-state index in [0.717, 1.165) is 0 Å². The number of esters is 1. The number of nitro benzene ring substituents is 1. The fourth-order valence-electron chi connectivity index (χ4n) is 2.85. The molecule has 1 aromatic heterocycles. The largest absolute Gasteiger partial charge is 0.462 e. The zero-order valence-corrected chi connectivity index (χ0v) is 15.7. The fraction of sp³-hybridized carbons (Fsp3) is 0.150. The lowest BCUT2D eigenvalue weighted by molar-refractivity contribution is -0.384. The molecule has 0 saturated carbocycles. The lowest BCUT2D eigenvalue weighted by atomic mass is 10.1. The molecule has 0 saturated heterocycles. The highest BCUT2D eigenvalue weighted by molar-refractivity contribution is 6.06. The van der Waals surface area contributed by atoms with Crippen LogP contribution in [0.1, 0.15) is 27.6 Å². The first-order chi connectivity index (χ1) is 13.8. The predicted molar refractivity (Wildman–Crippen MR) is 106 cm³/mol. The van der Waals surface area contributed by atoms with Crippen LogP contribution in [0.15, 0.2) is 53.3 Å². The summed E-state index contributed by atoms with van der Waals surface area (Å²) in [7, 11) is 1.49. The monoisotopic (exact) mass is 395 g/mol. The van der Waals surface area contributed by atoms with Gasteiger partial charge in [-0.25, -0.2) is 4.79 Å². The Balaban J connectivity index is 1.92. The summed E-state index contributed by atoms with van der Waals surface area (Å²) in [6.07, 6.45) is 0. The van der Waals surface area contributed by atoms with Gasteiger partial charge in [-0.2, -0.15) is 0 Å². The van der Waals surface area contributed by atoms with Crippen molar-refractivity contribution in [2.45, 2.75) is 6.92 Å². The third-order valence-electron chi connectivity index (χ3n) is 4.32. The smallest absolute Gasteiger partial charge is 0.338 e. The highest BCUT2D eigenvalue weighted by Crippen LogP contribution is 2.21. The van der Waals surface area contributed by atoms with Crippen molar-refractivity contribution in [3.63, 3.8) is 0 Å². The Labute approximate surface area is 164 Å². The molecule has 0 aliphatic rings. The van der Waals surface area contributed by atoms with E-state index >= 15 is 0 Å². The van der Waals surface area contributed by atoms with Gasteiger partial charge in [-0.3, -0.25) is 19.7 Å². The van der Waals surface area contributed by atoms with E-state index in [0.29, 0.717) is 22.2 Å². The van der Waals surface area contributed by atoms with E-state index in [1.807, 2.05) is 0 Å². The van der Waals surface area contributed by atoms with Gasteiger partial charge in [-0.15, -0.1) is 0 Å². The van der Waals surface area contributed by atoms with Gasteiger partial charge in [0.1, 0.15) is 5.56 Å². The molecule has 9 nitrogen and oxygen atoms in total. The SMILES string of the molecule is CCOC(=O)c1ccc(NC(=O)c2cc3cc([N+](=O)[O-])ccc3n(C)c2=O)cc1. The number of benzene rings is 2. The van der Waals surface area contributed by atoms with Crippen LogP contribution in [0.5, 0.6) is 0 Å². The second kappa shape index (κ2) is 7.93. The summed E-state index contributed by atoms with van der Waals surface area (Å²) in [4.78, 5) is 47.3. The Hall–Kier alpha value is -4.01. The quantitative estimate of drug-likeness (QED) is 0.403. The summed E-state index contributed by atoms with van der Waals surface area (Å²) in [6.45, 7) is 1.95. The molecule has 0 fully saturated rings. The number of hydrogen-bond donors (Lipinski definition) is 1. The summed E-state index contributed by atoms with van der Waals surface area (Å²) in [5.41, 5.74) is 0.345. The van der Waals surface area contributed by atoms with E-state index in [2.05, 4.69) is 5.32 Å². The highest BCUT2D eigenvalue weighted by Gasteiger charge is 2.17. The molecule has 29 heavy (non-hydrogen) atoms. The summed E-state index contributed by atoms with van der Waals surface area (Å²) >= 11 is 0. The average molecular weight is 395 g/mol. The van der Waals surface area contributed by atoms with E-state index in [1.54, 1.807) is 6.92 Å². The minimum Gasteiger partial charge on any atom is -0.462 e. The van der Waals surface area contributed by atoms with Crippen LogP contribution in [-0.4, -0.2) is 28.0 Å². The lowest BCUT2D eigenvalue weighted by Gasteiger charge is -2.10. The maximum Gasteiger partial charge on any atom is 0.338 e. The van der Waals surface area contributed by atoms with Gasteiger partial charge in [0.2, 0.25) is 0 Å². The molecule has 0 unspecified atom stereocenters. The summed E-state index contributed by atoms with van der Waals surface area (Å²) in [6, 6.07) is 11.4. The van der Waals surface area contributed by atoms with Gasteiger partial charge in [0.25, 0.3) is 17.2 Å². The van der Waals surface area contributed by atoms with E-state index in [-0.39, 0.29) is 17.9 Å². The molecule has 0 aliphatic carbocycles. The summed E-state index contributed by atoms with van der Waals surface area (Å²) in [5, 5.41) is 14.0. The van der Waals surface area contributed by atoms with E-state index < -0.39 is 22.4 Å². The van der Waals surface area contributed by atoms with Crippen molar-refractivity contribution in [3.8, 4) is 0 Å². The van der Waals surface area contributed by atoms with Crippen LogP contribution in [0.25, 0.3) is 10.9 Å². The van der Waals surface area contributed by atoms with E-state index in [1.165, 1.54) is 60.1 Å². The van der Waals surface area contributed by atoms with Gasteiger partial charge in [0.15, 0.2) is 0 Å². The Morgan fingerprint density at radius 3 is 2.45 bits per heavy atom. The number of anilines is 1. The Morgan fingerprint density at radius 1 is 1.14 bits per heavy atom. The molecule has 0 bridgehead atoms. The maximum absolute atomic E-state index is 12.6. The molecule has 1 N–H and O–H groups in total. The third kappa shape index (κ3) is 3.98. The molecular formula is C20H17N3O6. The number of hydrogen-bond acceptors (Lipinski definition) is 6. The summed E-state index contributed by atoms with van der Waals surface area (Å²) < 4.78 is 6.16. The molecular weight excluding hydrogens is 378 g/mol. The van der Waals surface area contributed by atoms with Gasteiger partial charge in [0.05, 0.1) is 22.6 Å². The molecule has 0 aliphatic heterocycles. The van der Waals surface area contributed by atoms with Gasteiger partial charge < -0.3 is 14.6 Å². The first kappa shape index (κ1) is 19.7. The highest BCUT2D eigenvalue weighted by atomic mass is 16.6. The molecule has 9 heteroatoms. The van der Waals surface area contributed by atoms with Crippen molar-refractivity contribution < 1.29 is 19.2 Å². The number of carbonyl (C=O) groups is 2. The fourth-order valence-corrected chi connectivity index (χ4v) is 2.85. The zero-order chi connectivity index (χ0) is 21.1. The minimum atomic E-state index is -0.664. The van der Waals surface area contributed by atoms with Crippen LogP contribution in [0.2, 0.25) is 0 Å². The third-order valence-corrected chi connectivity index (χ3v) is 4.32. The number of rotatable bonds is 5. The zero-order valence-electron chi connectivity index (χ0n) is 15.7. The van der Waals surface area contributed by atoms with Crippen LogP contribution >= 0.6 is 0 Å². The molecule has 2 aromatic carbocycles. The minimum absolute atomic E-state index is 0.142. The molecule has 0 spiro atoms. The number of non-ortho nitro benzene ring substituents is 1. The van der Waals surface area contributed by atoms with E-state index in [9.17, 15) is 24.5 Å². The molecule has 1 amide bonds. The number of amides is 1. The Bertz CT molecular complexity index is 1180. The standard InChI is InChI=1S/C20H17N3O6/c1-3-29-20(26)12-4-6-14(7-5-12)21-18(24)16-11-13-10-15(23(27)28)8-9-17(13)22(2)19(16)25/h4-11H,3H2,1-2H3,(H,21,24). The van der Waals surface area contributed by atoms with Gasteiger partial charge in [-0.05, 0) is 43.3 Å². The first-order valence-corrected chi connectivity index (χ1v) is 8.68. The van der Waals surface area contributed by atoms with Crippen LogP contribution in [-0.2, 0) is 11.8 Å². The number of fused-ring (bicyclic) bond motifs is 1. The first-order valence-electron chi connectivity index (χ1n) is 8.68. The Kier molecular flexibility index (Phi) is 5.40. The molecule has 1 heterocycles. The number of carbonyl (C=O) groups excluding carboxylic acids is 2. The summed E-state index contributed by atoms with van der Waals surface area (Å²) in [5.74, 6) is -1.14. The van der Waals surface area contributed by atoms with Crippen LogP contribution in [0.4, 0.5) is 11.4 Å². The second-order valence-electron chi connectivity index (χ2n) is 6.17. The van der Waals surface area contributed by atoms with Crippen molar-refractivity contribution in [2.75, 3.05) is 11.9 Å². The van der Waals surface area contributed by atoms with Gasteiger partial charge in [-0.1, -0.05) is 0 Å². The van der Waals surface area contributed by atoms with Crippen LogP contribution in [0.3, 0.4) is 0 Å². The molecule has 3 aromatic rings. The van der Waals surface area contributed by atoms with E-state index in [4.69, 9.17) is 4.74 Å². The van der Waals surface area contributed by atoms with Crippen LogP contribution < -0.4 is 10.9 Å². The molecule has 148 valence electrons. The average Bonchev–Trinajstić information content (AvgIpc) is 2.70. The Morgan fingerprint density at radius 2 is 1.83 bits per heavy atom. The number of nitro groups is 1. The number of pyridine rings is 1. The predicted octanol–water partition coefficient (Wildman–Crippen LogP) is 2.88. The number of nitrogens with one attached hydrogen (secondary N) is 1. The van der Waals surface area contributed by atoms with Crippen molar-refractivity contribution in [1.29, 1.82) is 0 Å². The van der Waals surface area contributed by atoms with Crippen LogP contribution in [0, 0.1) is 10.1 Å². The molecule has 0 atom stereocenters. The lowest BCUT2D eigenvalue weighted by Crippen LogP contribution is -2.27. The number of ether oxygens (including phenoxy) is 1. The van der Waals surface area contributed by atoms with Gasteiger partial charge >= 0.3 is 5.97 Å². The normalized spacial score (nSPS) is 10.6. The maximum atomic E-state index is 12.6. The van der Waals surface area contributed by atoms with Crippen molar-refractivity contribution in [3.05, 3.63) is 80.1 Å². The molecule has 0 radical (unpaired) electrons. The van der Waals surface area contributed by atoms with Crippen molar-refractivity contribution in [1.82, 2.24) is 4.57 Å².